The molecule has 0 saturated heterocycles. The summed E-state index contributed by atoms with van der Waals surface area (Å²) >= 11 is 0. The third-order valence-electron chi connectivity index (χ3n) is 5.80. The number of fused-ring (bicyclic) bond motifs is 2. The van der Waals surface area contributed by atoms with Crippen molar-refractivity contribution in [3.8, 4) is 22.4 Å². The summed E-state index contributed by atoms with van der Waals surface area (Å²) in [5, 5.41) is 3.28. The molecule has 2 N–H and O–H groups in total. The van der Waals surface area contributed by atoms with Crippen molar-refractivity contribution in [3.63, 3.8) is 0 Å². The lowest BCUT2D eigenvalue weighted by molar-refractivity contribution is 0.0999. The number of aromatic nitrogens is 2. The van der Waals surface area contributed by atoms with Crippen molar-refractivity contribution in [1.82, 2.24) is 9.97 Å². The molecule has 0 fully saturated rings. The standard InChI is InChI=1S/C27H21N3O/c1-16-13-24(27(28)31)17(2)12-23(16)26-22-8-5-7-20(21(22)10-11-29-26)19-14-18-6-3-4-9-25(18)30-15-19/h3-15H,1-2H3,(H2,28,31). The van der Waals surface area contributed by atoms with Crippen LogP contribution in [0.2, 0.25) is 0 Å². The van der Waals surface area contributed by atoms with E-state index in [-0.39, 0.29) is 0 Å². The topological polar surface area (TPSA) is 68.9 Å². The molecule has 0 bridgehead atoms. The SMILES string of the molecule is Cc1cc(-c2nccc3c(-c4cnc5ccccc5c4)cccc23)c(C)cc1C(N)=O. The molecule has 4 nitrogen and oxygen atoms in total. The second-order valence-electron chi connectivity index (χ2n) is 7.82. The maximum absolute atomic E-state index is 11.7. The Kier molecular flexibility index (Phi) is 4.48. The van der Waals surface area contributed by atoms with Crippen molar-refractivity contribution in [2.75, 3.05) is 0 Å². The fourth-order valence-corrected chi connectivity index (χ4v) is 4.23. The van der Waals surface area contributed by atoms with E-state index in [9.17, 15) is 4.79 Å². The fraction of sp³-hybridized carbons (Fsp3) is 0.0741. The highest BCUT2D eigenvalue weighted by atomic mass is 16.1. The van der Waals surface area contributed by atoms with Crippen molar-refractivity contribution in [2.24, 2.45) is 5.73 Å². The summed E-state index contributed by atoms with van der Waals surface area (Å²) in [5.41, 5.74) is 12.9. The van der Waals surface area contributed by atoms with E-state index in [4.69, 9.17) is 10.7 Å². The first-order valence-corrected chi connectivity index (χ1v) is 10.2. The average Bonchev–Trinajstić information content (AvgIpc) is 2.79. The van der Waals surface area contributed by atoms with Crippen LogP contribution in [0, 0.1) is 13.8 Å². The molecule has 5 aromatic rings. The maximum Gasteiger partial charge on any atom is 0.248 e. The fourth-order valence-electron chi connectivity index (χ4n) is 4.23. The van der Waals surface area contributed by atoms with Crippen molar-refractivity contribution in [3.05, 3.63) is 95.8 Å². The summed E-state index contributed by atoms with van der Waals surface area (Å²) in [4.78, 5) is 21.1. The number of para-hydroxylation sites is 1. The number of carbonyl (C=O) groups is 1. The number of nitrogens with two attached hydrogens (primary N) is 1. The van der Waals surface area contributed by atoms with Crippen molar-refractivity contribution in [1.29, 1.82) is 0 Å². The molecule has 150 valence electrons. The van der Waals surface area contributed by atoms with Crippen molar-refractivity contribution in [2.45, 2.75) is 13.8 Å². The van der Waals surface area contributed by atoms with E-state index in [1.807, 2.05) is 62.6 Å². The molecule has 2 aromatic heterocycles. The molecule has 4 heteroatoms. The molecule has 0 spiro atoms. The summed E-state index contributed by atoms with van der Waals surface area (Å²) < 4.78 is 0. The van der Waals surface area contributed by atoms with E-state index >= 15 is 0 Å². The Hall–Kier alpha value is -4.05. The Morgan fingerprint density at radius 1 is 0.806 bits per heavy atom. The molecular formula is C27H21N3O. The van der Waals surface area contributed by atoms with Gasteiger partial charge in [-0.05, 0) is 66.3 Å². The van der Waals surface area contributed by atoms with Gasteiger partial charge in [0.1, 0.15) is 0 Å². The molecular weight excluding hydrogens is 382 g/mol. The van der Waals surface area contributed by atoms with Crippen LogP contribution in [0.4, 0.5) is 0 Å². The van der Waals surface area contributed by atoms with Gasteiger partial charge >= 0.3 is 0 Å². The number of hydrogen-bond donors (Lipinski definition) is 1. The number of hydrogen-bond acceptors (Lipinski definition) is 3. The van der Waals surface area contributed by atoms with Gasteiger partial charge in [-0.25, -0.2) is 0 Å². The summed E-state index contributed by atoms with van der Waals surface area (Å²) in [6, 6.07) is 22.5. The van der Waals surface area contributed by atoms with Gasteiger partial charge < -0.3 is 5.73 Å². The zero-order chi connectivity index (χ0) is 21.5. The molecule has 31 heavy (non-hydrogen) atoms. The van der Waals surface area contributed by atoms with E-state index in [2.05, 4.69) is 35.3 Å². The normalized spacial score (nSPS) is 11.2. The Balaban J connectivity index is 1.73. The molecule has 0 aliphatic heterocycles. The van der Waals surface area contributed by atoms with Gasteiger partial charge in [0.15, 0.2) is 0 Å². The van der Waals surface area contributed by atoms with Crippen LogP contribution in [0.15, 0.2) is 79.1 Å². The summed E-state index contributed by atoms with van der Waals surface area (Å²) in [6.45, 7) is 3.89. The summed E-state index contributed by atoms with van der Waals surface area (Å²) in [6.07, 6.45) is 3.76. The second kappa shape index (κ2) is 7.33. The first kappa shape index (κ1) is 18.9. The molecule has 0 aliphatic rings. The Morgan fingerprint density at radius 2 is 1.65 bits per heavy atom. The predicted molar refractivity (Wildman–Crippen MR) is 126 cm³/mol. The molecule has 0 atom stereocenters. The number of nitrogens with zero attached hydrogens (tertiary/aromatic N) is 2. The number of amides is 1. The first-order valence-electron chi connectivity index (χ1n) is 10.2. The van der Waals surface area contributed by atoms with E-state index in [1.165, 1.54) is 0 Å². The molecule has 0 aliphatic carbocycles. The van der Waals surface area contributed by atoms with Gasteiger partial charge in [-0.2, -0.15) is 0 Å². The Labute approximate surface area is 180 Å². The smallest absolute Gasteiger partial charge is 0.248 e. The highest BCUT2D eigenvalue weighted by Crippen LogP contribution is 2.35. The zero-order valence-electron chi connectivity index (χ0n) is 17.4. The van der Waals surface area contributed by atoms with Crippen LogP contribution in [-0.4, -0.2) is 15.9 Å². The van der Waals surface area contributed by atoms with E-state index in [0.717, 1.165) is 55.2 Å². The number of rotatable bonds is 3. The van der Waals surface area contributed by atoms with Gasteiger partial charge in [0.05, 0.1) is 11.2 Å². The van der Waals surface area contributed by atoms with E-state index in [0.29, 0.717) is 5.56 Å². The lowest BCUT2D eigenvalue weighted by atomic mass is 9.93. The first-order chi connectivity index (χ1) is 15.0. The third kappa shape index (κ3) is 3.22. The van der Waals surface area contributed by atoms with Gasteiger partial charge in [0.25, 0.3) is 0 Å². The number of aryl methyl sites for hydroxylation is 2. The van der Waals surface area contributed by atoms with Gasteiger partial charge in [-0.15, -0.1) is 0 Å². The van der Waals surface area contributed by atoms with Crippen LogP contribution < -0.4 is 5.73 Å². The highest BCUT2D eigenvalue weighted by molar-refractivity contribution is 6.04. The van der Waals surface area contributed by atoms with E-state index < -0.39 is 5.91 Å². The minimum atomic E-state index is -0.413. The summed E-state index contributed by atoms with van der Waals surface area (Å²) in [5.74, 6) is -0.413. The predicted octanol–water partition coefficient (Wildman–Crippen LogP) is 5.83. The van der Waals surface area contributed by atoms with Gasteiger partial charge in [0.2, 0.25) is 5.91 Å². The Bertz CT molecular complexity index is 1490. The summed E-state index contributed by atoms with van der Waals surface area (Å²) in [7, 11) is 0. The number of pyridine rings is 2. The van der Waals surface area contributed by atoms with Crippen LogP contribution in [0.1, 0.15) is 21.5 Å². The molecule has 5 rings (SSSR count). The van der Waals surface area contributed by atoms with Crippen LogP contribution in [0.5, 0.6) is 0 Å². The van der Waals surface area contributed by atoms with Crippen LogP contribution in [0.25, 0.3) is 44.1 Å². The molecule has 0 saturated carbocycles. The molecule has 0 radical (unpaired) electrons. The second-order valence-corrected chi connectivity index (χ2v) is 7.82. The zero-order valence-corrected chi connectivity index (χ0v) is 17.4. The minimum absolute atomic E-state index is 0.413. The van der Waals surface area contributed by atoms with Gasteiger partial charge in [-0.1, -0.05) is 36.4 Å². The number of primary amides is 1. The Morgan fingerprint density at radius 3 is 2.48 bits per heavy atom. The monoisotopic (exact) mass is 403 g/mol. The van der Waals surface area contributed by atoms with Crippen LogP contribution in [-0.2, 0) is 0 Å². The number of benzene rings is 3. The van der Waals surface area contributed by atoms with Crippen LogP contribution >= 0.6 is 0 Å². The highest BCUT2D eigenvalue weighted by Gasteiger charge is 2.15. The minimum Gasteiger partial charge on any atom is -0.366 e. The quantitative estimate of drug-likeness (QED) is 0.412. The van der Waals surface area contributed by atoms with Crippen LogP contribution in [0.3, 0.4) is 0 Å². The van der Waals surface area contributed by atoms with E-state index in [1.54, 1.807) is 0 Å². The average molecular weight is 403 g/mol. The van der Waals surface area contributed by atoms with Crippen molar-refractivity contribution >= 4 is 27.6 Å². The third-order valence-corrected chi connectivity index (χ3v) is 5.80. The lowest BCUT2D eigenvalue weighted by Crippen LogP contribution is -2.13. The number of carbonyl (C=O) groups excluding carboxylic acids is 1. The lowest BCUT2D eigenvalue weighted by Gasteiger charge is -2.14. The molecule has 0 unspecified atom stereocenters. The van der Waals surface area contributed by atoms with Crippen molar-refractivity contribution < 1.29 is 4.79 Å². The molecule has 3 aromatic carbocycles. The molecule has 2 heterocycles. The molecule has 1 amide bonds. The maximum atomic E-state index is 11.7. The van der Waals surface area contributed by atoms with Gasteiger partial charge in [-0.3, -0.25) is 14.8 Å². The largest absolute Gasteiger partial charge is 0.366 e. The van der Waals surface area contributed by atoms with Gasteiger partial charge in [0, 0.05) is 39.9 Å².